The predicted molar refractivity (Wildman–Crippen MR) is 106 cm³/mol. The van der Waals surface area contributed by atoms with Gasteiger partial charge >= 0.3 is 0 Å². The first-order valence-electron chi connectivity index (χ1n) is 7.65. The van der Waals surface area contributed by atoms with Crippen LogP contribution in [0.5, 0.6) is 0 Å². The number of nitrogens with two attached hydrogens (primary N) is 2. The van der Waals surface area contributed by atoms with Crippen LogP contribution < -0.4 is 21.5 Å². The minimum absolute atomic E-state index is 0. The lowest BCUT2D eigenvalue weighted by Gasteiger charge is -2.13. The van der Waals surface area contributed by atoms with Crippen molar-refractivity contribution in [2.75, 3.05) is 24.1 Å². The van der Waals surface area contributed by atoms with Gasteiger partial charge in [0.05, 0.1) is 10.6 Å². The van der Waals surface area contributed by atoms with Crippen LogP contribution in [0.2, 0.25) is 0 Å². The molecule has 2 aromatic rings. The van der Waals surface area contributed by atoms with Crippen molar-refractivity contribution < 1.29 is 8.42 Å². The first-order valence-corrected chi connectivity index (χ1v) is 9.20. The third-order valence-corrected chi connectivity index (χ3v) is 4.84. The maximum Gasteiger partial charge on any atom is 0.238 e. The summed E-state index contributed by atoms with van der Waals surface area (Å²) in [5, 5.41) is 11.7. The highest BCUT2D eigenvalue weighted by atomic mass is 35.5. The number of halogens is 2. The number of hydrogen-bond donors (Lipinski definition) is 4. The van der Waals surface area contributed by atoms with Crippen molar-refractivity contribution in [1.29, 1.82) is 0 Å². The fourth-order valence-electron chi connectivity index (χ4n) is 2.69. The average Bonchev–Trinajstić information content (AvgIpc) is 2.77. The lowest BCUT2D eigenvalue weighted by Crippen LogP contribution is -2.16. The standard InChI is InChI=1S/C15H20N6O2S.2ClH/c16-15-20-13-6-8-18-7-5-12(13)14(21-15)19-9-10-1-3-11(4-2-10)24(17,22)23;;/h1-4,18H,5-9H2,(H2,17,22,23)(H3,16,19,20,21);2*1H. The van der Waals surface area contributed by atoms with E-state index >= 15 is 0 Å². The molecule has 8 nitrogen and oxygen atoms in total. The minimum Gasteiger partial charge on any atom is -0.368 e. The molecule has 0 bridgehead atoms. The van der Waals surface area contributed by atoms with E-state index in [9.17, 15) is 8.42 Å². The van der Waals surface area contributed by atoms with E-state index in [1.54, 1.807) is 12.1 Å². The molecule has 0 spiro atoms. The van der Waals surface area contributed by atoms with Crippen molar-refractivity contribution in [2.45, 2.75) is 24.3 Å². The van der Waals surface area contributed by atoms with Crippen molar-refractivity contribution in [3.8, 4) is 0 Å². The number of nitrogens with zero attached hydrogens (tertiary/aromatic N) is 2. The van der Waals surface area contributed by atoms with Gasteiger partial charge in [-0.15, -0.1) is 24.8 Å². The van der Waals surface area contributed by atoms with Crippen molar-refractivity contribution in [3.63, 3.8) is 0 Å². The van der Waals surface area contributed by atoms with Crippen LogP contribution in [-0.2, 0) is 29.4 Å². The Morgan fingerprint density at radius 2 is 1.73 bits per heavy atom. The summed E-state index contributed by atoms with van der Waals surface area (Å²) in [7, 11) is -3.67. The number of sulfonamides is 1. The minimum atomic E-state index is -3.67. The molecule has 0 saturated heterocycles. The SMILES string of the molecule is Cl.Cl.Nc1nc2c(c(NCc3ccc(S(N)(=O)=O)cc3)n1)CCNCC2. The lowest BCUT2D eigenvalue weighted by molar-refractivity contribution is 0.598. The number of primary sulfonamides is 1. The zero-order valence-corrected chi connectivity index (χ0v) is 16.4. The van der Waals surface area contributed by atoms with E-state index in [4.69, 9.17) is 10.9 Å². The molecular weight excluding hydrogens is 399 g/mol. The molecule has 0 saturated carbocycles. The number of nitrogen functional groups attached to an aromatic ring is 1. The monoisotopic (exact) mass is 420 g/mol. The van der Waals surface area contributed by atoms with Gasteiger partial charge in [-0.1, -0.05) is 12.1 Å². The molecule has 1 aliphatic rings. The Labute approximate surface area is 165 Å². The summed E-state index contributed by atoms with van der Waals surface area (Å²) in [6.45, 7) is 2.25. The largest absolute Gasteiger partial charge is 0.368 e. The van der Waals surface area contributed by atoms with E-state index in [0.717, 1.165) is 48.6 Å². The smallest absolute Gasteiger partial charge is 0.238 e. The van der Waals surface area contributed by atoms with E-state index in [-0.39, 0.29) is 35.7 Å². The van der Waals surface area contributed by atoms with Gasteiger partial charge in [0.1, 0.15) is 5.82 Å². The second kappa shape index (κ2) is 9.33. The third-order valence-electron chi connectivity index (χ3n) is 3.91. The van der Waals surface area contributed by atoms with Gasteiger partial charge in [0.25, 0.3) is 0 Å². The summed E-state index contributed by atoms with van der Waals surface area (Å²) < 4.78 is 22.6. The highest BCUT2D eigenvalue weighted by Gasteiger charge is 2.15. The van der Waals surface area contributed by atoms with Crippen molar-refractivity contribution in [3.05, 3.63) is 41.1 Å². The first-order chi connectivity index (χ1) is 11.4. The van der Waals surface area contributed by atoms with E-state index in [0.29, 0.717) is 6.54 Å². The van der Waals surface area contributed by atoms with Gasteiger partial charge in [-0.3, -0.25) is 0 Å². The van der Waals surface area contributed by atoms with Crippen LogP contribution >= 0.6 is 24.8 Å². The second-order valence-electron chi connectivity index (χ2n) is 5.65. The maximum atomic E-state index is 11.3. The van der Waals surface area contributed by atoms with Crippen molar-refractivity contribution in [2.24, 2.45) is 5.14 Å². The van der Waals surface area contributed by atoms with Crippen LogP contribution in [-0.4, -0.2) is 31.5 Å². The Kier molecular flexibility index (Phi) is 8.04. The fourth-order valence-corrected chi connectivity index (χ4v) is 3.21. The number of anilines is 2. The Bertz CT molecular complexity index is 846. The number of benzene rings is 1. The predicted octanol–water partition coefficient (Wildman–Crippen LogP) is 0.850. The highest BCUT2D eigenvalue weighted by molar-refractivity contribution is 7.89. The van der Waals surface area contributed by atoms with Gasteiger partial charge in [-0.25, -0.2) is 18.5 Å². The third kappa shape index (κ3) is 5.42. The molecular formula is C15H22Cl2N6O2S. The summed E-state index contributed by atoms with van der Waals surface area (Å²) in [6, 6.07) is 6.42. The van der Waals surface area contributed by atoms with E-state index < -0.39 is 10.0 Å². The van der Waals surface area contributed by atoms with Gasteiger partial charge in [-0.2, -0.15) is 4.98 Å². The molecule has 0 radical (unpaired) electrons. The summed E-state index contributed by atoms with van der Waals surface area (Å²) in [5.41, 5.74) is 8.77. The molecule has 144 valence electrons. The van der Waals surface area contributed by atoms with Gasteiger partial charge < -0.3 is 16.4 Å². The van der Waals surface area contributed by atoms with Crippen LogP contribution in [0, 0.1) is 0 Å². The molecule has 1 aromatic carbocycles. The Balaban J connectivity index is 0.00000169. The van der Waals surface area contributed by atoms with Gasteiger partial charge in [0, 0.05) is 25.1 Å². The maximum absolute atomic E-state index is 11.3. The Morgan fingerprint density at radius 3 is 2.38 bits per heavy atom. The van der Waals surface area contributed by atoms with Crippen LogP contribution in [0.15, 0.2) is 29.2 Å². The Hall–Kier alpha value is -1.65. The quantitative estimate of drug-likeness (QED) is 0.575. The molecule has 1 aliphatic heterocycles. The van der Waals surface area contributed by atoms with Crippen molar-refractivity contribution >= 4 is 46.6 Å². The molecule has 11 heteroatoms. The molecule has 0 atom stereocenters. The average molecular weight is 421 g/mol. The Morgan fingerprint density at radius 1 is 1.08 bits per heavy atom. The molecule has 0 amide bonds. The summed E-state index contributed by atoms with van der Waals surface area (Å²) in [5.74, 6) is 0.986. The molecule has 26 heavy (non-hydrogen) atoms. The number of fused-ring (bicyclic) bond motifs is 1. The molecule has 3 rings (SSSR count). The number of rotatable bonds is 4. The van der Waals surface area contributed by atoms with E-state index in [1.807, 2.05) is 0 Å². The van der Waals surface area contributed by atoms with Gasteiger partial charge in [-0.05, 0) is 30.7 Å². The van der Waals surface area contributed by atoms with Crippen LogP contribution in [0.3, 0.4) is 0 Å². The highest BCUT2D eigenvalue weighted by Crippen LogP contribution is 2.21. The van der Waals surface area contributed by atoms with E-state index in [1.165, 1.54) is 12.1 Å². The summed E-state index contributed by atoms with van der Waals surface area (Å²) in [6.07, 6.45) is 1.65. The number of hydrogen-bond acceptors (Lipinski definition) is 7. The van der Waals surface area contributed by atoms with Crippen LogP contribution in [0.25, 0.3) is 0 Å². The van der Waals surface area contributed by atoms with E-state index in [2.05, 4.69) is 20.6 Å². The van der Waals surface area contributed by atoms with Gasteiger partial charge in [0.2, 0.25) is 16.0 Å². The molecule has 0 aliphatic carbocycles. The summed E-state index contributed by atoms with van der Waals surface area (Å²) in [4.78, 5) is 8.74. The van der Waals surface area contributed by atoms with Crippen molar-refractivity contribution in [1.82, 2.24) is 15.3 Å². The van der Waals surface area contributed by atoms with Gasteiger partial charge in [0.15, 0.2) is 0 Å². The fraction of sp³-hybridized carbons (Fsp3) is 0.333. The topological polar surface area (TPSA) is 136 Å². The molecule has 2 heterocycles. The number of aromatic nitrogens is 2. The zero-order valence-electron chi connectivity index (χ0n) is 13.9. The zero-order chi connectivity index (χ0) is 17.2. The number of nitrogens with one attached hydrogen (secondary N) is 2. The normalized spacial score (nSPS) is 13.6. The van der Waals surface area contributed by atoms with Crippen LogP contribution in [0.1, 0.15) is 16.8 Å². The molecule has 0 unspecified atom stereocenters. The van der Waals surface area contributed by atoms with Crippen LogP contribution in [0.4, 0.5) is 11.8 Å². The second-order valence-corrected chi connectivity index (χ2v) is 7.21. The first kappa shape index (κ1) is 22.4. The summed E-state index contributed by atoms with van der Waals surface area (Å²) >= 11 is 0. The molecule has 6 N–H and O–H groups in total. The molecule has 0 fully saturated rings. The molecule has 1 aromatic heterocycles. The lowest BCUT2D eigenvalue weighted by atomic mass is 10.1.